The van der Waals surface area contributed by atoms with Crippen LogP contribution in [0.4, 0.5) is 0 Å². The Labute approximate surface area is 195 Å². The van der Waals surface area contributed by atoms with Gasteiger partial charge in [-0.1, -0.05) is 68.4 Å². The minimum Gasteiger partial charge on any atom is -0.393 e. The fourth-order valence-corrected chi connectivity index (χ4v) is 7.28. The zero-order valence-electron chi connectivity index (χ0n) is 20.4. The maximum absolute atomic E-state index is 10.2. The first-order valence-electron chi connectivity index (χ1n) is 13.2. The van der Waals surface area contributed by atoms with Crippen LogP contribution in [0.5, 0.6) is 0 Å². The average molecular weight is 437 g/mol. The molecule has 0 saturated heterocycles. The molecule has 2 N–H and O–H groups in total. The topological polar surface area (TPSA) is 40.5 Å². The summed E-state index contributed by atoms with van der Waals surface area (Å²) in [5.74, 6) is 2.03. The van der Waals surface area contributed by atoms with Gasteiger partial charge in [-0.05, 0) is 98.5 Å². The number of fused-ring (bicyclic) bond motifs is 1. The van der Waals surface area contributed by atoms with E-state index in [1.807, 2.05) is 0 Å². The third-order valence-corrected chi connectivity index (χ3v) is 9.18. The van der Waals surface area contributed by atoms with Crippen LogP contribution in [-0.4, -0.2) is 22.4 Å². The molecular formula is C30H44O2. The zero-order valence-corrected chi connectivity index (χ0v) is 20.4. The molecule has 0 unspecified atom stereocenters. The number of allylic oxidation sites excluding steroid dienone is 7. The highest BCUT2D eigenvalue weighted by atomic mass is 16.3. The summed E-state index contributed by atoms with van der Waals surface area (Å²) in [4.78, 5) is 0. The van der Waals surface area contributed by atoms with Crippen LogP contribution >= 0.6 is 0 Å². The van der Waals surface area contributed by atoms with Crippen molar-refractivity contribution in [2.75, 3.05) is 0 Å². The first kappa shape index (κ1) is 23.8. The van der Waals surface area contributed by atoms with Gasteiger partial charge in [0.2, 0.25) is 0 Å². The fraction of sp³-hybridized carbons (Fsp3) is 0.667. The molecule has 0 heterocycles. The molecule has 0 aromatic carbocycles. The maximum atomic E-state index is 10.2. The molecule has 4 fully saturated rings. The molecule has 4 aliphatic rings. The Morgan fingerprint density at radius 2 is 1.78 bits per heavy atom. The maximum Gasteiger partial charge on any atom is 0.0811 e. The third-order valence-electron chi connectivity index (χ3n) is 9.18. The van der Waals surface area contributed by atoms with E-state index in [0.717, 1.165) is 17.1 Å². The molecule has 0 aromatic rings. The largest absolute Gasteiger partial charge is 0.393 e. The number of aliphatic hydroxyl groups excluding tert-OH is 2. The van der Waals surface area contributed by atoms with E-state index in [0.29, 0.717) is 30.1 Å². The van der Waals surface area contributed by atoms with E-state index in [2.05, 4.69) is 50.8 Å². The highest BCUT2D eigenvalue weighted by molar-refractivity contribution is 5.38. The Kier molecular flexibility index (Phi) is 7.62. The first-order chi connectivity index (χ1) is 15.4. The van der Waals surface area contributed by atoms with E-state index >= 15 is 0 Å². The molecule has 0 aliphatic heterocycles. The van der Waals surface area contributed by atoms with E-state index in [4.69, 9.17) is 0 Å². The quantitative estimate of drug-likeness (QED) is 0.489. The molecule has 6 atom stereocenters. The summed E-state index contributed by atoms with van der Waals surface area (Å²) in [5.41, 5.74) is 5.42. The molecule has 32 heavy (non-hydrogen) atoms. The van der Waals surface area contributed by atoms with Crippen LogP contribution < -0.4 is 0 Å². The van der Waals surface area contributed by atoms with Crippen LogP contribution in [0.3, 0.4) is 0 Å². The SMILES string of the molecule is C=C1/C(=C\C=C2/CCC[C@]3(C)[C@@H]([C@H](C)/C=C/C=C4CCCCC4)CC[C@@H]23)C[C@@H](O)C[C@@H]1O. The van der Waals surface area contributed by atoms with E-state index in [1.165, 1.54) is 64.2 Å². The normalized spacial score (nSPS) is 39.6. The lowest BCUT2D eigenvalue weighted by Crippen LogP contribution is -2.35. The predicted octanol–water partition coefficient (Wildman–Crippen LogP) is 7.21. The minimum atomic E-state index is -0.605. The number of hydrogen-bond acceptors (Lipinski definition) is 2. The van der Waals surface area contributed by atoms with Gasteiger partial charge in [0.25, 0.3) is 0 Å². The zero-order chi connectivity index (χ0) is 22.7. The van der Waals surface area contributed by atoms with Gasteiger partial charge in [0.05, 0.1) is 12.2 Å². The number of aliphatic hydroxyl groups is 2. The van der Waals surface area contributed by atoms with Crippen molar-refractivity contribution >= 4 is 0 Å². The lowest BCUT2D eigenvalue weighted by atomic mass is 9.61. The van der Waals surface area contributed by atoms with Crippen LogP contribution in [0.15, 0.2) is 59.3 Å². The van der Waals surface area contributed by atoms with E-state index in [-0.39, 0.29) is 0 Å². The van der Waals surface area contributed by atoms with Crippen molar-refractivity contribution in [3.63, 3.8) is 0 Å². The number of hydrogen-bond donors (Lipinski definition) is 2. The predicted molar refractivity (Wildman–Crippen MR) is 134 cm³/mol. The molecule has 0 radical (unpaired) electrons. The van der Waals surface area contributed by atoms with Gasteiger partial charge in [0, 0.05) is 6.42 Å². The van der Waals surface area contributed by atoms with Crippen LogP contribution in [0.1, 0.15) is 90.9 Å². The Bertz CT molecular complexity index is 805. The van der Waals surface area contributed by atoms with Gasteiger partial charge in [-0.2, -0.15) is 0 Å². The monoisotopic (exact) mass is 436 g/mol. The molecule has 4 saturated carbocycles. The molecule has 4 aliphatic carbocycles. The lowest BCUT2D eigenvalue weighted by Gasteiger charge is -2.44. The lowest BCUT2D eigenvalue weighted by molar-refractivity contribution is 0.0862. The molecule has 0 amide bonds. The first-order valence-corrected chi connectivity index (χ1v) is 13.2. The molecule has 0 bridgehead atoms. The minimum absolute atomic E-state index is 0.382. The van der Waals surface area contributed by atoms with Crippen LogP contribution in [-0.2, 0) is 0 Å². The Balaban J connectivity index is 1.46. The molecule has 0 spiro atoms. The van der Waals surface area contributed by atoms with Crippen molar-refractivity contribution in [3.8, 4) is 0 Å². The fourth-order valence-electron chi connectivity index (χ4n) is 7.28. The molecule has 0 aromatic heterocycles. The third kappa shape index (κ3) is 5.07. The standard InChI is InChI=1S/C30H44O2/c1-21(9-7-12-23-10-5-4-6-11-23)27-16-17-28-24(13-8-18-30(27,28)3)14-15-25-19-26(31)20-29(32)22(25)2/h7,9,12,14-15,21,26-29,31-32H,2,4-6,8,10-11,13,16-20H2,1,3H3/b9-7+,24-14+,25-15-/t21-,26-,27-,28+,29+,30-/m1/s1. The second kappa shape index (κ2) is 10.3. The summed E-state index contributed by atoms with van der Waals surface area (Å²) >= 11 is 0. The molecule has 176 valence electrons. The second-order valence-corrected chi connectivity index (χ2v) is 11.3. The van der Waals surface area contributed by atoms with Crippen molar-refractivity contribution < 1.29 is 10.2 Å². The highest BCUT2D eigenvalue weighted by Gasteiger charge is 2.50. The van der Waals surface area contributed by atoms with E-state index in [1.54, 1.807) is 11.1 Å². The van der Waals surface area contributed by atoms with Gasteiger partial charge in [0.1, 0.15) is 0 Å². The van der Waals surface area contributed by atoms with Crippen molar-refractivity contribution in [2.45, 2.75) is 103 Å². The number of rotatable bonds is 4. The van der Waals surface area contributed by atoms with Crippen LogP contribution in [0, 0.1) is 23.2 Å². The van der Waals surface area contributed by atoms with Crippen LogP contribution in [0.2, 0.25) is 0 Å². The Morgan fingerprint density at radius 3 is 2.56 bits per heavy atom. The molecule has 2 heteroatoms. The van der Waals surface area contributed by atoms with Crippen molar-refractivity contribution in [1.82, 2.24) is 0 Å². The van der Waals surface area contributed by atoms with Crippen molar-refractivity contribution in [3.05, 3.63) is 59.3 Å². The van der Waals surface area contributed by atoms with Gasteiger partial charge in [-0.25, -0.2) is 0 Å². The molecule has 4 rings (SSSR count). The van der Waals surface area contributed by atoms with Gasteiger partial charge < -0.3 is 10.2 Å². The molecule has 2 nitrogen and oxygen atoms in total. The summed E-state index contributed by atoms with van der Waals surface area (Å²) in [6.45, 7) is 9.06. The Morgan fingerprint density at radius 1 is 1.00 bits per heavy atom. The van der Waals surface area contributed by atoms with Gasteiger partial charge in [0.15, 0.2) is 0 Å². The molecular weight excluding hydrogens is 392 g/mol. The average Bonchev–Trinajstić information content (AvgIpc) is 3.13. The summed E-state index contributed by atoms with van der Waals surface area (Å²) in [6, 6.07) is 0. The summed E-state index contributed by atoms with van der Waals surface area (Å²) < 4.78 is 0. The van der Waals surface area contributed by atoms with Crippen molar-refractivity contribution in [2.24, 2.45) is 23.2 Å². The van der Waals surface area contributed by atoms with Gasteiger partial charge in [-0.3, -0.25) is 0 Å². The summed E-state index contributed by atoms with van der Waals surface area (Å²) in [7, 11) is 0. The Hall–Kier alpha value is -1.38. The van der Waals surface area contributed by atoms with Crippen LogP contribution in [0.25, 0.3) is 0 Å². The second-order valence-electron chi connectivity index (χ2n) is 11.3. The van der Waals surface area contributed by atoms with E-state index < -0.39 is 12.2 Å². The smallest absolute Gasteiger partial charge is 0.0811 e. The summed E-state index contributed by atoms with van der Waals surface area (Å²) in [5, 5.41) is 20.2. The van der Waals surface area contributed by atoms with Crippen molar-refractivity contribution in [1.29, 1.82) is 0 Å². The summed E-state index contributed by atoms with van der Waals surface area (Å²) in [6.07, 6.45) is 24.8. The van der Waals surface area contributed by atoms with Gasteiger partial charge in [-0.15, -0.1) is 0 Å². The highest BCUT2D eigenvalue weighted by Crippen LogP contribution is 2.59. The van der Waals surface area contributed by atoms with Gasteiger partial charge >= 0.3 is 0 Å². The van der Waals surface area contributed by atoms with E-state index in [9.17, 15) is 10.2 Å².